The van der Waals surface area contributed by atoms with E-state index in [0.717, 1.165) is 15.6 Å². The van der Waals surface area contributed by atoms with Gasteiger partial charge in [0.05, 0.1) is 5.25 Å². The Kier molecular flexibility index (Phi) is 6.68. The van der Waals surface area contributed by atoms with E-state index >= 15 is 0 Å². The Labute approximate surface area is 171 Å². The highest BCUT2D eigenvalue weighted by Gasteiger charge is 2.23. The van der Waals surface area contributed by atoms with Crippen LogP contribution in [0, 0.1) is 0 Å². The Hall–Kier alpha value is -2.12. The van der Waals surface area contributed by atoms with E-state index in [0.29, 0.717) is 24.2 Å². The van der Waals surface area contributed by atoms with Crippen molar-refractivity contribution >= 4 is 33.6 Å². The predicted octanol–water partition coefficient (Wildman–Crippen LogP) is 5.03. The van der Waals surface area contributed by atoms with Crippen molar-refractivity contribution in [3.63, 3.8) is 0 Å². The smallest absolute Gasteiger partial charge is 0.277 e. The number of carbonyl (C=O) groups excluding carboxylic acids is 1. The van der Waals surface area contributed by atoms with E-state index in [4.69, 9.17) is 4.42 Å². The number of nitrogens with zero attached hydrogens (tertiary/aromatic N) is 3. The summed E-state index contributed by atoms with van der Waals surface area (Å²) in [6, 6.07) is 17.6. The molecule has 0 fully saturated rings. The zero-order chi connectivity index (χ0) is 19.2. The third kappa shape index (κ3) is 5.20. The van der Waals surface area contributed by atoms with Gasteiger partial charge in [-0.05, 0) is 43.7 Å². The van der Waals surface area contributed by atoms with Crippen molar-refractivity contribution in [1.29, 1.82) is 0 Å². The maximum Gasteiger partial charge on any atom is 0.277 e. The molecule has 0 radical (unpaired) electrons. The van der Waals surface area contributed by atoms with Gasteiger partial charge >= 0.3 is 0 Å². The highest BCUT2D eigenvalue weighted by molar-refractivity contribution is 9.10. The van der Waals surface area contributed by atoms with E-state index in [2.05, 4.69) is 26.1 Å². The first kappa shape index (κ1) is 19.6. The summed E-state index contributed by atoms with van der Waals surface area (Å²) in [6.07, 6.45) is 0. The zero-order valence-electron chi connectivity index (χ0n) is 15.1. The first-order valence-corrected chi connectivity index (χ1v) is 10.3. The number of thioether (sulfide) groups is 1. The van der Waals surface area contributed by atoms with Gasteiger partial charge in [-0.15, -0.1) is 10.2 Å². The summed E-state index contributed by atoms with van der Waals surface area (Å²) in [5, 5.41) is 8.23. The first-order valence-electron chi connectivity index (χ1n) is 8.65. The van der Waals surface area contributed by atoms with Gasteiger partial charge in [0.25, 0.3) is 5.22 Å². The van der Waals surface area contributed by atoms with Gasteiger partial charge in [-0.3, -0.25) is 4.79 Å². The second-order valence-corrected chi connectivity index (χ2v) is 8.19. The molecule has 3 rings (SSSR count). The van der Waals surface area contributed by atoms with E-state index in [1.54, 1.807) is 0 Å². The number of hydrogen-bond acceptors (Lipinski definition) is 5. The summed E-state index contributed by atoms with van der Waals surface area (Å²) in [4.78, 5) is 14.6. The molecule has 0 bridgehead atoms. The Morgan fingerprint density at radius 2 is 1.85 bits per heavy atom. The molecule has 7 heteroatoms. The van der Waals surface area contributed by atoms with Gasteiger partial charge in [0.15, 0.2) is 0 Å². The van der Waals surface area contributed by atoms with Crippen molar-refractivity contribution < 1.29 is 9.21 Å². The zero-order valence-corrected chi connectivity index (χ0v) is 17.5. The normalized spacial score (nSPS) is 12.0. The molecule has 0 aliphatic heterocycles. The van der Waals surface area contributed by atoms with Gasteiger partial charge in [-0.25, -0.2) is 0 Å². The monoisotopic (exact) mass is 445 g/mol. The fourth-order valence-corrected chi connectivity index (χ4v) is 3.61. The lowest BCUT2D eigenvalue weighted by atomic mass is 10.2. The molecule has 3 aromatic rings. The Bertz CT molecular complexity index is 884. The number of halogens is 1. The van der Waals surface area contributed by atoms with Crippen LogP contribution in [0.5, 0.6) is 0 Å². The summed E-state index contributed by atoms with van der Waals surface area (Å²) >= 11 is 4.69. The maximum absolute atomic E-state index is 12.8. The predicted molar refractivity (Wildman–Crippen MR) is 110 cm³/mol. The number of amides is 1. The van der Waals surface area contributed by atoms with Crippen LogP contribution in [0.3, 0.4) is 0 Å². The average molecular weight is 446 g/mol. The van der Waals surface area contributed by atoms with Crippen LogP contribution in [0.1, 0.15) is 19.4 Å². The SMILES string of the molecule is CCN(Cc1ccccc1)C(=O)C(C)Sc1nnc(-c2ccc(Br)cc2)o1. The maximum atomic E-state index is 12.8. The minimum absolute atomic E-state index is 0.0507. The molecule has 0 saturated carbocycles. The molecule has 2 aromatic carbocycles. The van der Waals surface area contributed by atoms with Gasteiger partial charge < -0.3 is 9.32 Å². The van der Waals surface area contributed by atoms with Crippen LogP contribution in [0.15, 0.2) is 68.7 Å². The van der Waals surface area contributed by atoms with Gasteiger partial charge in [0.2, 0.25) is 11.8 Å². The molecule has 1 atom stereocenters. The Morgan fingerprint density at radius 1 is 1.15 bits per heavy atom. The molecular weight excluding hydrogens is 426 g/mol. The summed E-state index contributed by atoms with van der Waals surface area (Å²) in [6.45, 7) is 5.09. The standard InChI is InChI=1S/C20H20BrN3O2S/c1-3-24(13-15-7-5-4-6-8-15)19(25)14(2)27-20-23-22-18(26-20)16-9-11-17(21)12-10-16/h4-12,14H,3,13H2,1-2H3. The molecule has 1 unspecified atom stereocenters. The molecule has 0 aliphatic carbocycles. The summed E-state index contributed by atoms with van der Waals surface area (Å²) < 4.78 is 6.70. The molecule has 0 saturated heterocycles. The molecule has 27 heavy (non-hydrogen) atoms. The molecule has 0 N–H and O–H groups in total. The Balaban J connectivity index is 1.64. The van der Waals surface area contributed by atoms with Crippen LogP contribution < -0.4 is 0 Å². The number of carbonyl (C=O) groups is 1. The molecule has 5 nitrogen and oxygen atoms in total. The third-order valence-corrected chi connectivity index (χ3v) is 5.48. The van der Waals surface area contributed by atoms with Crippen molar-refractivity contribution in [3.05, 3.63) is 64.6 Å². The fraction of sp³-hybridized carbons (Fsp3) is 0.250. The lowest BCUT2D eigenvalue weighted by molar-refractivity contribution is -0.130. The molecule has 1 heterocycles. The molecule has 1 aromatic heterocycles. The number of aromatic nitrogens is 2. The van der Waals surface area contributed by atoms with Crippen molar-refractivity contribution in [1.82, 2.24) is 15.1 Å². The van der Waals surface area contributed by atoms with Crippen LogP contribution in [0.2, 0.25) is 0 Å². The van der Waals surface area contributed by atoms with Gasteiger partial charge in [0, 0.05) is 23.1 Å². The summed E-state index contributed by atoms with van der Waals surface area (Å²) in [7, 11) is 0. The van der Waals surface area contributed by atoms with E-state index in [1.165, 1.54) is 11.8 Å². The van der Waals surface area contributed by atoms with Crippen molar-refractivity contribution in [2.24, 2.45) is 0 Å². The summed E-state index contributed by atoms with van der Waals surface area (Å²) in [5.41, 5.74) is 1.95. The molecular formula is C20H20BrN3O2S. The highest BCUT2D eigenvalue weighted by Crippen LogP contribution is 2.28. The average Bonchev–Trinajstić information content (AvgIpc) is 3.15. The second-order valence-electron chi connectivity index (χ2n) is 5.98. The van der Waals surface area contributed by atoms with Crippen LogP contribution in [0.4, 0.5) is 0 Å². The van der Waals surface area contributed by atoms with E-state index in [1.807, 2.05) is 73.3 Å². The second kappa shape index (κ2) is 9.19. The topological polar surface area (TPSA) is 59.2 Å². The number of hydrogen-bond donors (Lipinski definition) is 0. The molecule has 1 amide bonds. The first-order chi connectivity index (χ1) is 13.1. The van der Waals surface area contributed by atoms with Crippen molar-refractivity contribution in [2.75, 3.05) is 6.54 Å². The summed E-state index contributed by atoms with van der Waals surface area (Å²) in [5.74, 6) is 0.496. The number of benzene rings is 2. The van der Waals surface area contributed by atoms with Crippen molar-refractivity contribution in [3.8, 4) is 11.5 Å². The molecule has 0 aliphatic rings. The minimum atomic E-state index is -0.313. The number of rotatable bonds is 7. The van der Waals surface area contributed by atoms with Crippen LogP contribution in [-0.2, 0) is 11.3 Å². The quantitative estimate of drug-likeness (QED) is 0.477. The highest BCUT2D eigenvalue weighted by atomic mass is 79.9. The van der Waals surface area contributed by atoms with Gasteiger partial charge in [-0.1, -0.05) is 58.0 Å². The molecule has 140 valence electrons. The van der Waals surface area contributed by atoms with Crippen LogP contribution in [0.25, 0.3) is 11.5 Å². The van der Waals surface area contributed by atoms with Crippen LogP contribution in [-0.4, -0.2) is 32.8 Å². The third-order valence-electron chi connectivity index (χ3n) is 4.03. The Morgan fingerprint density at radius 3 is 2.52 bits per heavy atom. The lowest BCUT2D eigenvalue weighted by Crippen LogP contribution is -2.35. The van der Waals surface area contributed by atoms with E-state index < -0.39 is 0 Å². The minimum Gasteiger partial charge on any atom is -0.411 e. The lowest BCUT2D eigenvalue weighted by Gasteiger charge is -2.23. The van der Waals surface area contributed by atoms with Gasteiger partial charge in [-0.2, -0.15) is 0 Å². The largest absolute Gasteiger partial charge is 0.411 e. The van der Waals surface area contributed by atoms with E-state index in [-0.39, 0.29) is 11.2 Å². The fourth-order valence-electron chi connectivity index (χ4n) is 2.57. The molecule has 0 spiro atoms. The van der Waals surface area contributed by atoms with E-state index in [9.17, 15) is 4.79 Å². The van der Waals surface area contributed by atoms with Crippen molar-refractivity contribution in [2.45, 2.75) is 30.9 Å². The van der Waals surface area contributed by atoms with Crippen LogP contribution >= 0.6 is 27.7 Å². The van der Waals surface area contributed by atoms with Gasteiger partial charge in [0.1, 0.15) is 0 Å².